The Balaban J connectivity index is 2.39. The number of alkyl halides is 3. The van der Waals surface area contributed by atoms with Crippen LogP contribution in [0.2, 0.25) is 5.15 Å². The topological polar surface area (TPSA) is 47.8 Å². The molecule has 0 aliphatic carbocycles. The van der Waals surface area contributed by atoms with Gasteiger partial charge < -0.3 is 0 Å². The zero-order valence-electron chi connectivity index (χ0n) is 9.57. The second-order valence-corrected chi connectivity index (χ2v) is 4.12. The lowest BCUT2D eigenvalue weighted by Crippen LogP contribution is -2.10. The van der Waals surface area contributed by atoms with Gasteiger partial charge in [0.2, 0.25) is 0 Å². The lowest BCUT2D eigenvalue weighted by molar-refractivity contribution is -0.141. The van der Waals surface area contributed by atoms with Crippen LogP contribution in [0.3, 0.4) is 0 Å². The fraction of sp³-hybridized carbons (Fsp3) is 0.182. The summed E-state index contributed by atoms with van der Waals surface area (Å²) in [5.74, 6) is -0.528. The van der Waals surface area contributed by atoms with Crippen LogP contribution in [-0.2, 0) is 13.2 Å². The zero-order valence-corrected chi connectivity index (χ0v) is 10.3. The Hall–Kier alpha value is -1.89. The van der Waals surface area contributed by atoms with Gasteiger partial charge in [0.15, 0.2) is 5.78 Å². The minimum absolute atomic E-state index is 0.0948. The number of aromatic nitrogens is 3. The highest BCUT2D eigenvalue weighted by Gasteiger charge is 2.33. The summed E-state index contributed by atoms with van der Waals surface area (Å²) in [7, 11) is 1.61. The molecule has 0 saturated heterocycles. The Morgan fingerprint density at radius 1 is 1.37 bits per heavy atom. The number of carbonyl (C=O) groups is 1. The van der Waals surface area contributed by atoms with E-state index in [0.717, 1.165) is 12.1 Å². The molecular weight excluding hydrogens is 283 g/mol. The van der Waals surface area contributed by atoms with E-state index in [1.165, 1.54) is 17.1 Å². The number of nitrogens with zero attached hydrogens (tertiary/aromatic N) is 3. The number of aryl methyl sites for hydroxylation is 1. The molecular formula is C11H7ClF3N3O. The fourth-order valence-electron chi connectivity index (χ4n) is 1.46. The van der Waals surface area contributed by atoms with Gasteiger partial charge in [-0.15, -0.1) is 0 Å². The van der Waals surface area contributed by atoms with Gasteiger partial charge in [0, 0.05) is 13.2 Å². The molecule has 19 heavy (non-hydrogen) atoms. The van der Waals surface area contributed by atoms with Crippen molar-refractivity contribution in [2.24, 2.45) is 7.05 Å². The first-order chi connectivity index (χ1) is 8.79. The Bertz CT molecular complexity index is 636. The third-order valence-corrected chi connectivity index (χ3v) is 2.64. The van der Waals surface area contributed by atoms with Crippen molar-refractivity contribution in [1.29, 1.82) is 0 Å². The molecule has 4 nitrogen and oxygen atoms in total. The molecule has 0 aromatic carbocycles. The lowest BCUT2D eigenvalue weighted by atomic mass is 10.1. The molecule has 2 heterocycles. The monoisotopic (exact) mass is 289 g/mol. The van der Waals surface area contributed by atoms with Crippen LogP contribution in [0.4, 0.5) is 13.2 Å². The molecule has 2 aromatic rings. The molecule has 0 unspecified atom stereocenters. The highest BCUT2D eigenvalue weighted by Crippen LogP contribution is 2.29. The van der Waals surface area contributed by atoms with Crippen LogP contribution in [-0.4, -0.2) is 20.5 Å². The van der Waals surface area contributed by atoms with Crippen molar-refractivity contribution in [3.63, 3.8) is 0 Å². The molecule has 2 rings (SSSR count). The van der Waals surface area contributed by atoms with Crippen molar-refractivity contribution in [3.8, 4) is 0 Å². The minimum Gasteiger partial charge on any atom is -0.288 e. The molecule has 0 N–H and O–H groups in total. The van der Waals surface area contributed by atoms with E-state index in [-0.39, 0.29) is 11.1 Å². The van der Waals surface area contributed by atoms with Crippen molar-refractivity contribution in [2.75, 3.05) is 0 Å². The Morgan fingerprint density at radius 3 is 2.53 bits per heavy atom. The fourth-order valence-corrected chi connectivity index (χ4v) is 1.70. The largest absolute Gasteiger partial charge is 0.433 e. The Morgan fingerprint density at radius 2 is 2.05 bits per heavy atom. The third kappa shape index (κ3) is 2.76. The quantitative estimate of drug-likeness (QED) is 0.631. The predicted octanol–water partition coefficient (Wildman–Crippen LogP) is 2.72. The van der Waals surface area contributed by atoms with Gasteiger partial charge in [0.25, 0.3) is 0 Å². The second kappa shape index (κ2) is 4.65. The average molecular weight is 290 g/mol. The smallest absolute Gasteiger partial charge is 0.288 e. The summed E-state index contributed by atoms with van der Waals surface area (Å²) in [6.45, 7) is 0. The van der Waals surface area contributed by atoms with Gasteiger partial charge in [-0.3, -0.25) is 9.48 Å². The first-order valence-corrected chi connectivity index (χ1v) is 5.44. The summed E-state index contributed by atoms with van der Waals surface area (Å²) in [6.07, 6.45) is -1.85. The molecule has 0 bridgehead atoms. The van der Waals surface area contributed by atoms with E-state index in [1.807, 2.05) is 0 Å². The van der Waals surface area contributed by atoms with Crippen LogP contribution in [0.15, 0.2) is 24.5 Å². The van der Waals surface area contributed by atoms with Crippen molar-refractivity contribution >= 4 is 17.4 Å². The van der Waals surface area contributed by atoms with Crippen LogP contribution in [0.25, 0.3) is 0 Å². The van der Waals surface area contributed by atoms with E-state index >= 15 is 0 Å². The van der Waals surface area contributed by atoms with Crippen LogP contribution >= 0.6 is 11.6 Å². The van der Waals surface area contributed by atoms with Gasteiger partial charge in [0.1, 0.15) is 10.8 Å². The molecule has 0 amide bonds. The molecule has 100 valence electrons. The molecule has 0 radical (unpaired) electrons. The van der Waals surface area contributed by atoms with Crippen molar-refractivity contribution in [1.82, 2.24) is 14.8 Å². The maximum Gasteiger partial charge on any atom is 0.433 e. The van der Waals surface area contributed by atoms with Gasteiger partial charge >= 0.3 is 6.18 Å². The van der Waals surface area contributed by atoms with E-state index in [9.17, 15) is 18.0 Å². The van der Waals surface area contributed by atoms with E-state index in [2.05, 4.69) is 10.1 Å². The molecule has 0 atom stereocenters. The number of ketones is 1. The third-order valence-electron chi connectivity index (χ3n) is 2.35. The summed E-state index contributed by atoms with van der Waals surface area (Å²) in [5.41, 5.74) is -1.01. The summed E-state index contributed by atoms with van der Waals surface area (Å²) >= 11 is 5.63. The highest BCUT2D eigenvalue weighted by molar-refractivity contribution is 6.33. The SMILES string of the molecule is Cn1cc(C(=O)c2ccc(C(F)(F)F)nc2Cl)cn1. The van der Waals surface area contributed by atoms with Crippen LogP contribution in [0.5, 0.6) is 0 Å². The number of hydrogen-bond acceptors (Lipinski definition) is 3. The number of halogens is 4. The van der Waals surface area contributed by atoms with E-state index in [4.69, 9.17) is 11.6 Å². The van der Waals surface area contributed by atoms with E-state index < -0.39 is 22.8 Å². The average Bonchev–Trinajstić information content (AvgIpc) is 2.73. The number of pyridine rings is 1. The van der Waals surface area contributed by atoms with Gasteiger partial charge in [-0.25, -0.2) is 4.98 Å². The van der Waals surface area contributed by atoms with Gasteiger partial charge in [-0.05, 0) is 12.1 Å². The van der Waals surface area contributed by atoms with Crippen LogP contribution in [0.1, 0.15) is 21.6 Å². The Kier molecular flexibility index (Phi) is 3.32. The number of hydrogen-bond donors (Lipinski definition) is 0. The van der Waals surface area contributed by atoms with Crippen molar-refractivity contribution in [3.05, 3.63) is 46.5 Å². The molecule has 0 aliphatic rings. The summed E-state index contributed by atoms with van der Waals surface area (Å²) in [4.78, 5) is 15.2. The van der Waals surface area contributed by atoms with Crippen molar-refractivity contribution in [2.45, 2.75) is 6.18 Å². The van der Waals surface area contributed by atoms with Gasteiger partial charge in [-0.1, -0.05) is 11.6 Å². The molecule has 0 saturated carbocycles. The first kappa shape index (κ1) is 13.5. The first-order valence-electron chi connectivity index (χ1n) is 5.06. The van der Waals surface area contributed by atoms with Gasteiger partial charge in [-0.2, -0.15) is 18.3 Å². The summed E-state index contributed by atoms with van der Waals surface area (Å²) in [5, 5.41) is 3.32. The standard InChI is InChI=1S/C11H7ClF3N3O/c1-18-5-6(4-16-18)9(19)7-2-3-8(11(13,14)15)17-10(7)12/h2-5H,1H3. The Labute approximate surface area is 110 Å². The van der Waals surface area contributed by atoms with Crippen molar-refractivity contribution < 1.29 is 18.0 Å². The zero-order chi connectivity index (χ0) is 14.2. The second-order valence-electron chi connectivity index (χ2n) is 3.76. The summed E-state index contributed by atoms with van der Waals surface area (Å²) < 4.78 is 38.6. The molecule has 0 fully saturated rings. The number of rotatable bonds is 2. The molecule has 0 aliphatic heterocycles. The molecule has 0 spiro atoms. The number of carbonyl (C=O) groups excluding carboxylic acids is 1. The predicted molar refractivity (Wildman–Crippen MR) is 60.9 cm³/mol. The maximum atomic E-state index is 12.4. The molecule has 8 heteroatoms. The minimum atomic E-state index is -4.60. The summed E-state index contributed by atoms with van der Waals surface area (Å²) in [6, 6.07) is 1.73. The highest BCUT2D eigenvalue weighted by atomic mass is 35.5. The van der Waals surface area contributed by atoms with Crippen LogP contribution < -0.4 is 0 Å². The lowest BCUT2D eigenvalue weighted by Gasteiger charge is -2.07. The maximum absolute atomic E-state index is 12.4. The molecule has 2 aromatic heterocycles. The van der Waals surface area contributed by atoms with E-state index in [1.54, 1.807) is 7.05 Å². The van der Waals surface area contributed by atoms with Gasteiger partial charge in [0.05, 0.1) is 17.3 Å². The normalized spacial score (nSPS) is 11.6. The van der Waals surface area contributed by atoms with Crippen LogP contribution in [0, 0.1) is 0 Å². The van der Waals surface area contributed by atoms with E-state index in [0.29, 0.717) is 0 Å².